The average molecular weight is 330 g/mol. The molecule has 1 unspecified atom stereocenters. The number of halogens is 2. The van der Waals surface area contributed by atoms with Crippen molar-refractivity contribution in [2.75, 3.05) is 13.2 Å². The second-order valence-corrected chi connectivity index (χ2v) is 6.48. The summed E-state index contributed by atoms with van der Waals surface area (Å²) in [6, 6.07) is 11.9. The van der Waals surface area contributed by atoms with Crippen molar-refractivity contribution < 1.29 is 18.3 Å². The molecule has 1 saturated heterocycles. The summed E-state index contributed by atoms with van der Waals surface area (Å²) in [7, 11) is 0. The number of aryl methyl sites for hydroxylation is 1. The van der Waals surface area contributed by atoms with E-state index in [4.69, 9.17) is 4.74 Å². The second kappa shape index (κ2) is 7.22. The largest absolute Gasteiger partial charge is 0.380 e. The molecule has 2 atom stereocenters. The van der Waals surface area contributed by atoms with Gasteiger partial charge in [-0.25, -0.2) is 8.78 Å². The molecule has 3 rings (SSSR count). The molecule has 0 aliphatic carbocycles. The molecule has 0 aromatic heterocycles. The van der Waals surface area contributed by atoms with Gasteiger partial charge in [-0.1, -0.05) is 35.9 Å². The summed E-state index contributed by atoms with van der Waals surface area (Å²) < 4.78 is 31.8. The Hall–Kier alpha value is -2.07. The van der Waals surface area contributed by atoms with E-state index in [2.05, 4.69) is 24.3 Å². The molecule has 1 heterocycles. The number of hydrogen-bond donors (Lipinski definition) is 0. The summed E-state index contributed by atoms with van der Waals surface area (Å²) >= 11 is 0. The van der Waals surface area contributed by atoms with Gasteiger partial charge < -0.3 is 4.74 Å². The Bertz CT molecular complexity index is 725. The molecule has 1 fully saturated rings. The maximum absolute atomic E-state index is 13.2. The normalized spacial score (nSPS) is 20.3. The van der Waals surface area contributed by atoms with Crippen LogP contribution in [0.1, 0.15) is 29.0 Å². The maximum Gasteiger partial charge on any atom is 0.159 e. The maximum atomic E-state index is 13.2. The van der Waals surface area contributed by atoms with Gasteiger partial charge in [-0.2, -0.15) is 0 Å². The molecule has 1 aliphatic heterocycles. The lowest BCUT2D eigenvalue weighted by molar-refractivity contribution is -0.119. The summed E-state index contributed by atoms with van der Waals surface area (Å²) in [6.45, 7) is 3.21. The summed E-state index contributed by atoms with van der Waals surface area (Å²) in [5, 5.41) is 0. The molecule has 2 nitrogen and oxygen atoms in total. The van der Waals surface area contributed by atoms with Crippen molar-refractivity contribution in [2.45, 2.75) is 25.7 Å². The molecule has 0 N–H and O–H groups in total. The molecule has 0 spiro atoms. The van der Waals surface area contributed by atoms with E-state index >= 15 is 0 Å². The van der Waals surface area contributed by atoms with Crippen molar-refractivity contribution in [1.82, 2.24) is 0 Å². The van der Waals surface area contributed by atoms with Crippen LogP contribution in [0.25, 0.3) is 0 Å². The van der Waals surface area contributed by atoms with Crippen LogP contribution in [0.5, 0.6) is 0 Å². The van der Waals surface area contributed by atoms with Crippen molar-refractivity contribution in [3.63, 3.8) is 0 Å². The van der Waals surface area contributed by atoms with Gasteiger partial charge in [-0.15, -0.1) is 0 Å². The molecule has 0 radical (unpaired) electrons. The average Bonchev–Trinajstić information content (AvgIpc) is 2.99. The zero-order chi connectivity index (χ0) is 17.1. The van der Waals surface area contributed by atoms with Crippen LogP contribution in [0.3, 0.4) is 0 Å². The van der Waals surface area contributed by atoms with Crippen LogP contribution in [-0.2, 0) is 16.0 Å². The van der Waals surface area contributed by atoms with Crippen molar-refractivity contribution in [3.8, 4) is 0 Å². The summed E-state index contributed by atoms with van der Waals surface area (Å²) in [5.41, 5.74) is 2.89. The third kappa shape index (κ3) is 3.88. The van der Waals surface area contributed by atoms with Gasteiger partial charge in [0.15, 0.2) is 11.6 Å². The molecule has 2 aromatic rings. The third-order valence-electron chi connectivity index (χ3n) is 4.58. The van der Waals surface area contributed by atoms with Crippen molar-refractivity contribution in [2.24, 2.45) is 5.92 Å². The first kappa shape index (κ1) is 16.8. The van der Waals surface area contributed by atoms with Crippen LogP contribution in [0.15, 0.2) is 42.5 Å². The molecular weight excluding hydrogens is 310 g/mol. The van der Waals surface area contributed by atoms with Gasteiger partial charge >= 0.3 is 0 Å². The molecular formula is C20H20F2O2. The van der Waals surface area contributed by atoms with Gasteiger partial charge in [0.25, 0.3) is 0 Å². The van der Waals surface area contributed by atoms with E-state index in [1.807, 2.05) is 6.92 Å². The Kier molecular flexibility index (Phi) is 5.05. The quantitative estimate of drug-likeness (QED) is 0.821. The third-order valence-corrected chi connectivity index (χ3v) is 4.58. The molecule has 0 saturated carbocycles. The minimum absolute atomic E-state index is 0.0219. The summed E-state index contributed by atoms with van der Waals surface area (Å²) in [4.78, 5) is 12.3. The number of rotatable bonds is 5. The molecule has 0 amide bonds. The molecule has 126 valence electrons. The van der Waals surface area contributed by atoms with Gasteiger partial charge in [0.1, 0.15) is 5.78 Å². The van der Waals surface area contributed by atoms with Gasteiger partial charge in [-0.3, -0.25) is 4.79 Å². The van der Waals surface area contributed by atoms with Gasteiger partial charge in [-0.05, 0) is 36.1 Å². The topological polar surface area (TPSA) is 26.3 Å². The number of carbonyl (C=O) groups excluding carboxylic acids is 1. The fourth-order valence-electron chi connectivity index (χ4n) is 3.22. The van der Waals surface area contributed by atoms with Crippen molar-refractivity contribution in [1.29, 1.82) is 0 Å². The number of Topliss-reactive ketones (excluding diaryl/α,β-unsaturated/α-hetero) is 1. The Balaban J connectivity index is 1.64. The van der Waals surface area contributed by atoms with Crippen molar-refractivity contribution in [3.05, 3.63) is 70.8 Å². The highest BCUT2D eigenvalue weighted by Crippen LogP contribution is 2.33. The molecule has 1 aliphatic rings. The number of benzene rings is 2. The van der Waals surface area contributed by atoms with E-state index in [1.165, 1.54) is 17.2 Å². The standard InChI is InChI=1S/C20H20F2O2/c1-13-2-5-15(6-3-13)18-12-24-11-16(18)10-17(23)8-14-4-7-19(21)20(22)9-14/h2-7,9,16,18H,8,10-12H2,1H3/t16-,18?/m0/s1. The number of ketones is 1. The number of hydrogen-bond acceptors (Lipinski definition) is 2. The Morgan fingerprint density at radius 1 is 1.08 bits per heavy atom. The minimum Gasteiger partial charge on any atom is -0.380 e. The SMILES string of the molecule is Cc1ccc(C2COC[C@@H]2CC(=O)Cc2ccc(F)c(F)c2)cc1. The minimum atomic E-state index is -0.915. The van der Waals surface area contributed by atoms with E-state index < -0.39 is 11.6 Å². The van der Waals surface area contributed by atoms with Crippen LogP contribution >= 0.6 is 0 Å². The van der Waals surface area contributed by atoms with E-state index in [1.54, 1.807) is 0 Å². The molecule has 4 heteroatoms. The van der Waals surface area contributed by atoms with Crippen LogP contribution in [0.4, 0.5) is 8.78 Å². The summed E-state index contributed by atoms with van der Waals surface area (Å²) in [6.07, 6.45) is 0.506. The zero-order valence-corrected chi connectivity index (χ0v) is 13.6. The highest BCUT2D eigenvalue weighted by atomic mass is 19.2. The first-order chi connectivity index (χ1) is 11.5. The van der Waals surface area contributed by atoms with E-state index in [0.29, 0.717) is 25.2 Å². The molecule has 2 aromatic carbocycles. The predicted octanol–water partition coefficient (Wildman–Crippen LogP) is 4.21. The smallest absolute Gasteiger partial charge is 0.159 e. The monoisotopic (exact) mass is 330 g/mol. The highest BCUT2D eigenvalue weighted by molar-refractivity contribution is 5.81. The summed E-state index contributed by atoms with van der Waals surface area (Å²) in [5.74, 6) is -1.45. The van der Waals surface area contributed by atoms with Crippen LogP contribution < -0.4 is 0 Å². The van der Waals surface area contributed by atoms with Crippen molar-refractivity contribution >= 4 is 5.78 Å². The van der Waals surface area contributed by atoms with E-state index in [9.17, 15) is 13.6 Å². The highest BCUT2D eigenvalue weighted by Gasteiger charge is 2.31. The van der Waals surface area contributed by atoms with Crippen LogP contribution in [-0.4, -0.2) is 19.0 Å². The number of carbonyl (C=O) groups is 1. The number of ether oxygens (including phenoxy) is 1. The first-order valence-electron chi connectivity index (χ1n) is 8.13. The van der Waals surface area contributed by atoms with Gasteiger partial charge in [0, 0.05) is 18.8 Å². The predicted molar refractivity (Wildman–Crippen MR) is 87.9 cm³/mol. The lowest BCUT2D eigenvalue weighted by Crippen LogP contribution is -2.17. The van der Waals surface area contributed by atoms with E-state index in [0.717, 1.165) is 12.1 Å². The Morgan fingerprint density at radius 3 is 2.54 bits per heavy atom. The first-order valence-corrected chi connectivity index (χ1v) is 8.13. The van der Waals surface area contributed by atoms with Crippen LogP contribution in [0.2, 0.25) is 0 Å². The van der Waals surface area contributed by atoms with Gasteiger partial charge in [0.2, 0.25) is 0 Å². The van der Waals surface area contributed by atoms with E-state index in [-0.39, 0.29) is 24.0 Å². The lowest BCUT2D eigenvalue weighted by atomic mass is 9.84. The fourth-order valence-corrected chi connectivity index (χ4v) is 3.22. The fraction of sp³-hybridized carbons (Fsp3) is 0.350. The zero-order valence-electron chi connectivity index (χ0n) is 13.6. The van der Waals surface area contributed by atoms with Gasteiger partial charge in [0.05, 0.1) is 13.2 Å². The molecule has 0 bridgehead atoms. The lowest BCUT2D eigenvalue weighted by Gasteiger charge is -2.17. The Morgan fingerprint density at radius 2 is 1.83 bits per heavy atom. The van der Waals surface area contributed by atoms with Crippen LogP contribution in [0, 0.1) is 24.5 Å². The second-order valence-electron chi connectivity index (χ2n) is 6.48. The molecule has 24 heavy (non-hydrogen) atoms. The Labute approximate surface area is 140 Å².